The van der Waals surface area contributed by atoms with Crippen molar-refractivity contribution in [2.45, 2.75) is 30.9 Å². The van der Waals surface area contributed by atoms with Gasteiger partial charge in [-0.1, -0.05) is 6.42 Å². The third-order valence-electron chi connectivity index (χ3n) is 2.47. The number of Topliss-reactive ketones (excluding diaryl/α,β-unsaturated/α-hetero) is 1. The van der Waals surface area contributed by atoms with Crippen molar-refractivity contribution >= 4 is 17.5 Å². The van der Waals surface area contributed by atoms with Crippen LogP contribution in [0.2, 0.25) is 0 Å². The molecule has 2 nitrogen and oxygen atoms in total. The summed E-state index contributed by atoms with van der Waals surface area (Å²) in [5, 5.41) is 0.217. The second kappa shape index (κ2) is 4.69. The number of thioether (sulfide) groups is 1. The molecular weight excluding hydrogens is 196 g/mol. The molecule has 1 fully saturated rings. The van der Waals surface area contributed by atoms with Crippen LogP contribution < -0.4 is 0 Å². The number of hydrogen-bond acceptors (Lipinski definition) is 3. The fraction of sp³-hybridized carbons (Fsp3) is 0.545. The normalized spacial score (nSPS) is 22.1. The smallest absolute Gasteiger partial charge is 0.153 e. The zero-order valence-corrected chi connectivity index (χ0v) is 8.89. The van der Waals surface area contributed by atoms with Gasteiger partial charge in [-0.2, -0.15) is 11.8 Å². The maximum atomic E-state index is 11.8. The summed E-state index contributed by atoms with van der Waals surface area (Å²) in [5.74, 6) is 2.25. The van der Waals surface area contributed by atoms with Gasteiger partial charge >= 0.3 is 0 Å². The summed E-state index contributed by atoms with van der Waals surface area (Å²) < 4.78 is 5.16. The van der Waals surface area contributed by atoms with Gasteiger partial charge < -0.3 is 4.42 Å². The summed E-state index contributed by atoms with van der Waals surface area (Å²) in [4.78, 5) is 11.8. The van der Waals surface area contributed by atoms with Gasteiger partial charge in [0.15, 0.2) is 5.78 Å². The minimum absolute atomic E-state index is 0.217. The van der Waals surface area contributed by atoms with E-state index in [0.29, 0.717) is 12.2 Å². The van der Waals surface area contributed by atoms with Crippen LogP contribution in [0, 0.1) is 0 Å². The average molecular weight is 210 g/mol. The minimum atomic E-state index is 0.217. The summed E-state index contributed by atoms with van der Waals surface area (Å²) in [6.45, 7) is 0. The summed E-state index contributed by atoms with van der Waals surface area (Å²) in [5.41, 5.74) is 0. The largest absolute Gasteiger partial charge is 0.469 e. The molecule has 0 aliphatic carbocycles. The van der Waals surface area contributed by atoms with Crippen LogP contribution in [0.4, 0.5) is 0 Å². The summed E-state index contributed by atoms with van der Waals surface area (Å²) in [6, 6.07) is 3.70. The maximum Gasteiger partial charge on any atom is 0.153 e. The van der Waals surface area contributed by atoms with Crippen molar-refractivity contribution in [3.63, 3.8) is 0 Å². The van der Waals surface area contributed by atoms with Gasteiger partial charge in [0, 0.05) is 0 Å². The van der Waals surface area contributed by atoms with Crippen LogP contribution in [-0.2, 0) is 11.2 Å². The molecule has 1 unspecified atom stereocenters. The molecule has 1 atom stereocenters. The van der Waals surface area contributed by atoms with E-state index < -0.39 is 0 Å². The first kappa shape index (κ1) is 9.84. The van der Waals surface area contributed by atoms with E-state index in [2.05, 4.69) is 0 Å². The van der Waals surface area contributed by atoms with Crippen LogP contribution in [0.15, 0.2) is 22.8 Å². The van der Waals surface area contributed by atoms with Crippen molar-refractivity contribution < 1.29 is 9.21 Å². The van der Waals surface area contributed by atoms with Crippen molar-refractivity contribution in [2.24, 2.45) is 0 Å². The highest BCUT2D eigenvalue weighted by molar-refractivity contribution is 8.00. The maximum absolute atomic E-state index is 11.8. The number of hydrogen-bond donors (Lipinski definition) is 0. The Bertz CT molecular complexity index is 286. The Balaban J connectivity index is 1.88. The highest BCUT2D eigenvalue weighted by Crippen LogP contribution is 2.26. The molecule has 0 aromatic carbocycles. The lowest BCUT2D eigenvalue weighted by atomic mass is 10.1. The molecule has 2 rings (SSSR count). The van der Waals surface area contributed by atoms with Gasteiger partial charge in [0.25, 0.3) is 0 Å². The fourth-order valence-corrected chi connectivity index (χ4v) is 2.95. The molecule has 3 heteroatoms. The monoisotopic (exact) mass is 210 g/mol. The fourth-order valence-electron chi connectivity index (χ4n) is 1.69. The molecule has 0 radical (unpaired) electrons. The van der Waals surface area contributed by atoms with Crippen molar-refractivity contribution in [2.75, 3.05) is 5.75 Å². The molecule has 0 spiro atoms. The molecule has 0 saturated carbocycles. The van der Waals surface area contributed by atoms with E-state index in [1.165, 1.54) is 12.8 Å². The predicted molar refractivity (Wildman–Crippen MR) is 57.5 cm³/mol. The lowest BCUT2D eigenvalue weighted by Gasteiger charge is -2.19. The lowest BCUT2D eigenvalue weighted by molar-refractivity contribution is -0.118. The molecule has 2 heterocycles. The van der Waals surface area contributed by atoms with Gasteiger partial charge in [0.05, 0.1) is 17.9 Å². The lowest BCUT2D eigenvalue weighted by Crippen LogP contribution is -2.22. The summed E-state index contributed by atoms with van der Waals surface area (Å²) in [7, 11) is 0. The number of carbonyl (C=O) groups is 1. The van der Waals surface area contributed by atoms with Gasteiger partial charge in [-0.05, 0) is 30.7 Å². The van der Waals surface area contributed by atoms with Crippen LogP contribution >= 0.6 is 11.8 Å². The minimum Gasteiger partial charge on any atom is -0.469 e. The third-order valence-corrected chi connectivity index (χ3v) is 3.89. The van der Waals surface area contributed by atoms with E-state index >= 15 is 0 Å². The first-order valence-electron chi connectivity index (χ1n) is 5.03. The highest BCUT2D eigenvalue weighted by atomic mass is 32.2. The van der Waals surface area contributed by atoms with Gasteiger partial charge in [-0.3, -0.25) is 4.79 Å². The Morgan fingerprint density at radius 3 is 3.14 bits per heavy atom. The molecule has 1 aliphatic rings. The first-order chi connectivity index (χ1) is 6.86. The molecule has 0 N–H and O–H groups in total. The number of furan rings is 1. The van der Waals surface area contributed by atoms with Crippen molar-refractivity contribution in [1.82, 2.24) is 0 Å². The van der Waals surface area contributed by atoms with Crippen LogP contribution in [0.5, 0.6) is 0 Å². The average Bonchev–Trinajstić information content (AvgIpc) is 2.72. The molecule has 1 aliphatic heterocycles. The Labute approximate surface area is 88.1 Å². The summed E-state index contributed by atoms with van der Waals surface area (Å²) in [6.07, 6.45) is 5.59. The molecular formula is C11H14O2S. The molecule has 1 saturated heterocycles. The molecule has 76 valence electrons. The van der Waals surface area contributed by atoms with Gasteiger partial charge in [-0.25, -0.2) is 0 Å². The van der Waals surface area contributed by atoms with E-state index in [0.717, 1.165) is 17.9 Å². The molecule has 1 aromatic rings. The second-order valence-electron chi connectivity index (χ2n) is 3.58. The number of ketones is 1. The van der Waals surface area contributed by atoms with E-state index in [1.54, 1.807) is 18.0 Å². The third kappa shape index (κ3) is 2.41. The molecule has 0 bridgehead atoms. The zero-order chi connectivity index (χ0) is 9.80. The van der Waals surface area contributed by atoms with Crippen LogP contribution in [-0.4, -0.2) is 16.8 Å². The Hall–Kier alpha value is -0.700. The van der Waals surface area contributed by atoms with Gasteiger partial charge in [0.2, 0.25) is 0 Å². The second-order valence-corrected chi connectivity index (χ2v) is 4.89. The first-order valence-corrected chi connectivity index (χ1v) is 6.08. The quantitative estimate of drug-likeness (QED) is 0.768. The van der Waals surface area contributed by atoms with Gasteiger partial charge in [-0.15, -0.1) is 0 Å². The standard InChI is InChI=1S/C11H14O2S/c12-10(8-9-4-3-6-13-9)11-5-1-2-7-14-11/h3-4,6,11H,1-2,5,7-8H2. The Morgan fingerprint density at radius 2 is 2.50 bits per heavy atom. The number of carbonyl (C=O) groups excluding carboxylic acids is 1. The SMILES string of the molecule is O=C(Cc1ccco1)C1CCCCS1. The van der Waals surface area contributed by atoms with E-state index in [-0.39, 0.29) is 5.25 Å². The van der Waals surface area contributed by atoms with Crippen LogP contribution in [0.3, 0.4) is 0 Å². The van der Waals surface area contributed by atoms with E-state index in [9.17, 15) is 4.79 Å². The van der Waals surface area contributed by atoms with Crippen LogP contribution in [0.1, 0.15) is 25.0 Å². The molecule has 1 aromatic heterocycles. The van der Waals surface area contributed by atoms with Gasteiger partial charge in [0.1, 0.15) is 5.76 Å². The Morgan fingerprint density at radius 1 is 1.57 bits per heavy atom. The van der Waals surface area contributed by atoms with E-state index in [4.69, 9.17) is 4.42 Å². The molecule has 0 amide bonds. The highest BCUT2D eigenvalue weighted by Gasteiger charge is 2.22. The topological polar surface area (TPSA) is 30.2 Å². The molecule has 14 heavy (non-hydrogen) atoms. The van der Waals surface area contributed by atoms with Crippen molar-refractivity contribution in [3.05, 3.63) is 24.2 Å². The number of rotatable bonds is 3. The Kier molecular flexibility index (Phi) is 3.30. The zero-order valence-electron chi connectivity index (χ0n) is 8.07. The van der Waals surface area contributed by atoms with Crippen molar-refractivity contribution in [3.8, 4) is 0 Å². The van der Waals surface area contributed by atoms with Crippen molar-refractivity contribution in [1.29, 1.82) is 0 Å². The predicted octanol–water partition coefficient (Wildman–Crippen LogP) is 2.68. The van der Waals surface area contributed by atoms with Crippen LogP contribution in [0.25, 0.3) is 0 Å². The summed E-state index contributed by atoms with van der Waals surface area (Å²) >= 11 is 1.80. The van der Waals surface area contributed by atoms with E-state index in [1.807, 2.05) is 12.1 Å².